The summed E-state index contributed by atoms with van der Waals surface area (Å²) in [5, 5.41) is 2.89. The van der Waals surface area contributed by atoms with Gasteiger partial charge in [0.2, 0.25) is 11.8 Å². The maximum atomic E-state index is 13.1. The van der Waals surface area contributed by atoms with Crippen LogP contribution >= 0.6 is 0 Å². The highest BCUT2D eigenvalue weighted by Gasteiger charge is 2.38. The molecule has 0 saturated carbocycles. The Morgan fingerprint density at radius 2 is 1.96 bits per heavy atom. The standard InChI is InChI=1S/C18H25FN2O2/c1-4-10-20-16(22)13-9-11-21(12-13)17(23)18(2,3)14-5-7-15(19)8-6-14/h5-8,13H,4,9-12H2,1-3H3,(H,20,22)/t13-/m1/s1. The largest absolute Gasteiger partial charge is 0.356 e. The van der Waals surface area contributed by atoms with Gasteiger partial charge in [-0.05, 0) is 44.4 Å². The number of carbonyl (C=O) groups excluding carboxylic acids is 2. The Balaban J connectivity index is 2.03. The van der Waals surface area contributed by atoms with Crippen LogP contribution in [0.15, 0.2) is 24.3 Å². The first kappa shape index (κ1) is 17.4. The molecule has 126 valence electrons. The Hall–Kier alpha value is -1.91. The number of hydrogen-bond acceptors (Lipinski definition) is 2. The van der Waals surface area contributed by atoms with Crippen molar-refractivity contribution >= 4 is 11.8 Å². The molecule has 1 heterocycles. The summed E-state index contributed by atoms with van der Waals surface area (Å²) in [6.45, 7) is 7.41. The maximum Gasteiger partial charge on any atom is 0.232 e. The predicted molar refractivity (Wildman–Crippen MR) is 87.4 cm³/mol. The molecule has 5 heteroatoms. The van der Waals surface area contributed by atoms with Crippen LogP contribution in [0.4, 0.5) is 4.39 Å². The van der Waals surface area contributed by atoms with Crippen molar-refractivity contribution in [2.24, 2.45) is 5.92 Å². The van der Waals surface area contributed by atoms with E-state index in [4.69, 9.17) is 0 Å². The van der Waals surface area contributed by atoms with Crippen LogP contribution in [0.3, 0.4) is 0 Å². The van der Waals surface area contributed by atoms with E-state index in [0.717, 1.165) is 12.0 Å². The fourth-order valence-electron chi connectivity index (χ4n) is 2.94. The van der Waals surface area contributed by atoms with Gasteiger partial charge < -0.3 is 10.2 Å². The van der Waals surface area contributed by atoms with Crippen molar-refractivity contribution in [3.8, 4) is 0 Å². The molecule has 1 N–H and O–H groups in total. The lowest BCUT2D eigenvalue weighted by molar-refractivity contribution is -0.135. The van der Waals surface area contributed by atoms with Crippen LogP contribution in [0, 0.1) is 11.7 Å². The highest BCUT2D eigenvalue weighted by molar-refractivity contribution is 5.89. The molecule has 0 unspecified atom stereocenters. The van der Waals surface area contributed by atoms with Crippen LogP contribution in [0.25, 0.3) is 0 Å². The van der Waals surface area contributed by atoms with Crippen molar-refractivity contribution in [3.05, 3.63) is 35.6 Å². The number of halogens is 1. The van der Waals surface area contributed by atoms with E-state index in [9.17, 15) is 14.0 Å². The van der Waals surface area contributed by atoms with Crippen LogP contribution in [-0.4, -0.2) is 36.3 Å². The third kappa shape index (κ3) is 3.89. The number of nitrogens with one attached hydrogen (secondary N) is 1. The van der Waals surface area contributed by atoms with Gasteiger partial charge >= 0.3 is 0 Å². The second-order valence-corrected chi connectivity index (χ2v) is 6.66. The molecule has 0 radical (unpaired) electrons. The molecule has 2 rings (SSSR count). The lowest BCUT2D eigenvalue weighted by atomic mass is 9.83. The van der Waals surface area contributed by atoms with E-state index in [1.54, 1.807) is 17.0 Å². The fourth-order valence-corrected chi connectivity index (χ4v) is 2.94. The van der Waals surface area contributed by atoms with E-state index in [1.165, 1.54) is 12.1 Å². The molecule has 2 amide bonds. The molecule has 23 heavy (non-hydrogen) atoms. The van der Waals surface area contributed by atoms with Crippen molar-refractivity contribution in [1.82, 2.24) is 10.2 Å². The minimum Gasteiger partial charge on any atom is -0.356 e. The van der Waals surface area contributed by atoms with E-state index in [2.05, 4.69) is 5.32 Å². The lowest BCUT2D eigenvalue weighted by Gasteiger charge is -2.29. The summed E-state index contributed by atoms with van der Waals surface area (Å²) in [5.74, 6) is -0.433. The highest BCUT2D eigenvalue weighted by Crippen LogP contribution is 2.29. The van der Waals surface area contributed by atoms with Crippen molar-refractivity contribution in [3.63, 3.8) is 0 Å². The van der Waals surface area contributed by atoms with Crippen LogP contribution in [-0.2, 0) is 15.0 Å². The first-order valence-electron chi connectivity index (χ1n) is 8.19. The molecule has 0 bridgehead atoms. The van der Waals surface area contributed by atoms with Gasteiger partial charge in [0.25, 0.3) is 0 Å². The van der Waals surface area contributed by atoms with Crippen molar-refractivity contribution in [1.29, 1.82) is 0 Å². The van der Waals surface area contributed by atoms with Crippen molar-refractivity contribution < 1.29 is 14.0 Å². The topological polar surface area (TPSA) is 49.4 Å². The molecule has 0 spiro atoms. The Bertz CT molecular complexity index is 569. The number of likely N-dealkylation sites (tertiary alicyclic amines) is 1. The Morgan fingerprint density at radius 3 is 2.57 bits per heavy atom. The molecule has 0 aromatic heterocycles. The van der Waals surface area contributed by atoms with Crippen LogP contribution in [0.1, 0.15) is 39.2 Å². The Morgan fingerprint density at radius 1 is 1.30 bits per heavy atom. The average Bonchev–Trinajstić information content (AvgIpc) is 3.02. The highest BCUT2D eigenvalue weighted by atomic mass is 19.1. The van der Waals surface area contributed by atoms with Crippen molar-refractivity contribution in [2.75, 3.05) is 19.6 Å². The number of nitrogens with zero attached hydrogens (tertiary/aromatic N) is 1. The molecule has 1 atom stereocenters. The van der Waals surface area contributed by atoms with Gasteiger partial charge in [-0.1, -0.05) is 19.1 Å². The van der Waals surface area contributed by atoms with E-state index >= 15 is 0 Å². The normalized spacial score (nSPS) is 18.1. The third-order valence-corrected chi connectivity index (χ3v) is 4.50. The molecule has 1 aromatic carbocycles. The summed E-state index contributed by atoms with van der Waals surface area (Å²) < 4.78 is 13.1. The molecule has 0 aliphatic carbocycles. The summed E-state index contributed by atoms with van der Waals surface area (Å²) >= 11 is 0. The Labute approximate surface area is 137 Å². The zero-order valence-corrected chi connectivity index (χ0v) is 14.1. The third-order valence-electron chi connectivity index (χ3n) is 4.50. The maximum absolute atomic E-state index is 13.1. The summed E-state index contributed by atoms with van der Waals surface area (Å²) in [6, 6.07) is 6.04. The number of rotatable bonds is 5. The van der Waals surface area contributed by atoms with E-state index in [-0.39, 0.29) is 23.5 Å². The SMILES string of the molecule is CCCNC(=O)[C@@H]1CCN(C(=O)C(C)(C)c2ccc(F)cc2)C1. The van der Waals surface area contributed by atoms with Gasteiger partial charge in [0.1, 0.15) is 5.82 Å². The smallest absolute Gasteiger partial charge is 0.232 e. The first-order chi connectivity index (χ1) is 10.9. The summed E-state index contributed by atoms with van der Waals surface area (Å²) in [5.41, 5.74) is 0.0467. The van der Waals surface area contributed by atoms with Gasteiger partial charge in [-0.15, -0.1) is 0 Å². The zero-order valence-electron chi connectivity index (χ0n) is 14.1. The minimum atomic E-state index is -0.734. The van der Waals surface area contributed by atoms with Gasteiger partial charge in [-0.2, -0.15) is 0 Å². The van der Waals surface area contributed by atoms with Gasteiger partial charge in [-0.25, -0.2) is 4.39 Å². The molecule has 4 nitrogen and oxygen atoms in total. The molecule has 1 aliphatic heterocycles. The summed E-state index contributed by atoms with van der Waals surface area (Å²) in [6.07, 6.45) is 1.60. The monoisotopic (exact) mass is 320 g/mol. The molecule has 1 saturated heterocycles. The van der Waals surface area contributed by atoms with Gasteiger partial charge in [-0.3, -0.25) is 9.59 Å². The second kappa shape index (κ2) is 7.11. The summed E-state index contributed by atoms with van der Waals surface area (Å²) in [4.78, 5) is 26.6. The van der Waals surface area contributed by atoms with Gasteiger partial charge in [0, 0.05) is 19.6 Å². The predicted octanol–water partition coefficient (Wildman–Crippen LogP) is 2.48. The number of hydrogen-bond donors (Lipinski definition) is 1. The molecule has 1 aromatic rings. The number of carbonyl (C=O) groups is 2. The quantitative estimate of drug-likeness (QED) is 0.906. The van der Waals surface area contributed by atoms with Crippen LogP contribution in [0.5, 0.6) is 0 Å². The van der Waals surface area contributed by atoms with E-state index < -0.39 is 5.41 Å². The van der Waals surface area contributed by atoms with E-state index in [1.807, 2.05) is 20.8 Å². The minimum absolute atomic E-state index is 0.0186. The molecular formula is C18H25FN2O2. The number of amides is 2. The average molecular weight is 320 g/mol. The van der Waals surface area contributed by atoms with Gasteiger partial charge in [0.05, 0.1) is 11.3 Å². The van der Waals surface area contributed by atoms with Gasteiger partial charge in [0.15, 0.2) is 0 Å². The Kier molecular flexibility index (Phi) is 5.39. The number of benzene rings is 1. The summed E-state index contributed by atoms with van der Waals surface area (Å²) in [7, 11) is 0. The zero-order chi connectivity index (χ0) is 17.0. The van der Waals surface area contributed by atoms with Crippen LogP contribution < -0.4 is 5.32 Å². The molecular weight excluding hydrogens is 295 g/mol. The lowest BCUT2D eigenvalue weighted by Crippen LogP contribution is -2.43. The fraction of sp³-hybridized carbons (Fsp3) is 0.556. The second-order valence-electron chi connectivity index (χ2n) is 6.66. The molecule has 1 fully saturated rings. The van der Waals surface area contributed by atoms with E-state index in [0.29, 0.717) is 26.1 Å². The van der Waals surface area contributed by atoms with Crippen LogP contribution in [0.2, 0.25) is 0 Å². The molecule has 1 aliphatic rings. The first-order valence-corrected chi connectivity index (χ1v) is 8.19. The van der Waals surface area contributed by atoms with Crippen molar-refractivity contribution in [2.45, 2.75) is 39.0 Å².